The molecule has 4 aromatic rings. The summed E-state index contributed by atoms with van der Waals surface area (Å²) in [7, 11) is 2.55. The van der Waals surface area contributed by atoms with Crippen LogP contribution in [0.4, 0.5) is 24.7 Å². The van der Waals surface area contributed by atoms with Crippen LogP contribution in [0, 0.1) is 0 Å². The molecule has 2 N–H and O–H groups in total. The molecule has 33 heavy (non-hydrogen) atoms. The lowest BCUT2D eigenvalue weighted by atomic mass is 9.66. The van der Waals surface area contributed by atoms with E-state index in [1.165, 1.54) is 26.4 Å². The molecule has 1 aliphatic rings. The Labute approximate surface area is 186 Å². The second-order valence-electron chi connectivity index (χ2n) is 8.28. The van der Waals surface area contributed by atoms with Crippen LogP contribution >= 0.6 is 0 Å². The van der Waals surface area contributed by atoms with Crippen LogP contribution in [-0.2, 0) is 25.9 Å². The van der Waals surface area contributed by atoms with Gasteiger partial charge in [-0.05, 0) is 24.1 Å². The first kappa shape index (κ1) is 21.1. The topological polar surface area (TPSA) is 71.8 Å². The van der Waals surface area contributed by atoms with Crippen molar-refractivity contribution in [1.29, 1.82) is 0 Å². The highest BCUT2D eigenvalue weighted by atomic mass is 19.4. The maximum Gasteiger partial charge on any atom is 0.406 e. The van der Waals surface area contributed by atoms with Crippen molar-refractivity contribution in [2.24, 2.45) is 14.1 Å². The molecule has 0 saturated heterocycles. The number of halogens is 3. The fourth-order valence-corrected chi connectivity index (χ4v) is 4.93. The number of alkyl halides is 3. The van der Waals surface area contributed by atoms with E-state index in [2.05, 4.69) is 10.3 Å². The summed E-state index contributed by atoms with van der Waals surface area (Å²) in [6, 6.07) is 11.5. The zero-order chi connectivity index (χ0) is 23.7. The molecule has 0 bridgehead atoms. The minimum atomic E-state index is -4.90. The Bertz CT molecular complexity index is 1540. The molecule has 9 heteroatoms. The number of anilines is 2. The number of H-pyrrole nitrogens is 1. The zero-order valence-electron chi connectivity index (χ0n) is 18.2. The number of hydrogen-bond donors (Lipinski definition) is 2. The van der Waals surface area contributed by atoms with Gasteiger partial charge in [0.15, 0.2) is 5.41 Å². The van der Waals surface area contributed by atoms with Crippen LogP contribution in [0.15, 0.2) is 58.3 Å². The second kappa shape index (κ2) is 6.87. The van der Waals surface area contributed by atoms with Gasteiger partial charge in [0.25, 0.3) is 5.56 Å². The van der Waals surface area contributed by atoms with Crippen molar-refractivity contribution in [3.8, 4) is 0 Å². The molecule has 2 aromatic carbocycles. The van der Waals surface area contributed by atoms with Crippen LogP contribution in [0.25, 0.3) is 10.9 Å². The molecule has 2 aromatic heterocycles. The fraction of sp³-hybridized carbons (Fsp3) is 0.250. The van der Waals surface area contributed by atoms with Gasteiger partial charge in [-0.2, -0.15) is 13.2 Å². The minimum absolute atomic E-state index is 0.0673. The van der Waals surface area contributed by atoms with Crippen LogP contribution < -0.4 is 16.6 Å². The van der Waals surface area contributed by atoms with Crippen molar-refractivity contribution in [2.75, 3.05) is 5.32 Å². The lowest BCUT2D eigenvalue weighted by molar-refractivity contribution is -0.166. The number of benzene rings is 2. The van der Waals surface area contributed by atoms with Gasteiger partial charge < -0.3 is 10.3 Å². The summed E-state index contributed by atoms with van der Waals surface area (Å²) in [6.07, 6.45) is -3.06. The Morgan fingerprint density at radius 2 is 1.73 bits per heavy atom. The number of aromatic nitrogens is 3. The third kappa shape index (κ3) is 2.62. The number of aromatic amines is 1. The Hall–Kier alpha value is -3.75. The molecule has 0 spiro atoms. The molecule has 6 nitrogen and oxygen atoms in total. The van der Waals surface area contributed by atoms with E-state index < -0.39 is 28.4 Å². The number of hydrogen-bond acceptors (Lipinski definition) is 3. The Morgan fingerprint density at radius 3 is 2.42 bits per heavy atom. The third-order valence-corrected chi connectivity index (χ3v) is 6.61. The van der Waals surface area contributed by atoms with Gasteiger partial charge in [-0.1, -0.05) is 37.3 Å². The molecular weight excluding hydrogens is 433 g/mol. The average Bonchev–Trinajstić information content (AvgIpc) is 3.23. The van der Waals surface area contributed by atoms with Gasteiger partial charge in [0.05, 0.1) is 5.56 Å². The first-order valence-corrected chi connectivity index (χ1v) is 10.5. The van der Waals surface area contributed by atoms with Crippen molar-refractivity contribution >= 4 is 22.4 Å². The normalized spacial score (nSPS) is 17.5. The first-order valence-electron chi connectivity index (χ1n) is 10.5. The molecule has 5 rings (SSSR count). The summed E-state index contributed by atoms with van der Waals surface area (Å²) in [5, 5.41) is 3.30. The number of aryl methyl sites for hydroxylation is 1. The molecule has 0 saturated carbocycles. The van der Waals surface area contributed by atoms with Gasteiger partial charge in [0, 0.05) is 48.0 Å². The number of nitrogens with one attached hydrogen (secondary N) is 2. The number of para-hydroxylation sites is 1. The van der Waals surface area contributed by atoms with Gasteiger partial charge >= 0.3 is 11.9 Å². The largest absolute Gasteiger partial charge is 0.406 e. The lowest BCUT2D eigenvalue weighted by Crippen LogP contribution is -2.54. The third-order valence-electron chi connectivity index (χ3n) is 6.61. The van der Waals surface area contributed by atoms with Gasteiger partial charge in [-0.25, -0.2) is 4.79 Å². The van der Waals surface area contributed by atoms with Crippen LogP contribution in [0.5, 0.6) is 0 Å². The average molecular weight is 454 g/mol. The molecule has 3 heterocycles. The quantitative estimate of drug-likeness (QED) is 0.480. The van der Waals surface area contributed by atoms with Crippen LogP contribution in [0.2, 0.25) is 0 Å². The summed E-state index contributed by atoms with van der Waals surface area (Å²) in [6.45, 7) is 1.86. The Kier molecular flexibility index (Phi) is 4.40. The molecule has 1 aliphatic heterocycles. The van der Waals surface area contributed by atoms with E-state index >= 15 is 13.2 Å². The highest BCUT2D eigenvalue weighted by Gasteiger charge is 2.64. The summed E-state index contributed by atoms with van der Waals surface area (Å²) >= 11 is 0. The highest BCUT2D eigenvalue weighted by molar-refractivity contribution is 5.89. The molecule has 0 fully saturated rings. The van der Waals surface area contributed by atoms with Crippen molar-refractivity contribution in [3.63, 3.8) is 0 Å². The summed E-state index contributed by atoms with van der Waals surface area (Å²) < 4.78 is 48.4. The SMILES string of the molecule is CCc1ccc2c(c1)C(c1c[nH]c3ccccc13)(C(F)(F)F)c1c(n(C)c(=O)n(C)c1=O)N2. The number of rotatable bonds is 2. The predicted molar refractivity (Wildman–Crippen MR) is 120 cm³/mol. The maximum absolute atomic E-state index is 15.5. The molecule has 0 aliphatic carbocycles. The second-order valence-corrected chi connectivity index (χ2v) is 8.28. The van der Waals surface area contributed by atoms with E-state index in [1.54, 1.807) is 36.4 Å². The van der Waals surface area contributed by atoms with Gasteiger partial charge in [0.1, 0.15) is 5.82 Å². The van der Waals surface area contributed by atoms with E-state index in [0.29, 0.717) is 22.9 Å². The zero-order valence-corrected chi connectivity index (χ0v) is 18.2. The monoisotopic (exact) mass is 454 g/mol. The smallest absolute Gasteiger partial charge is 0.361 e. The van der Waals surface area contributed by atoms with Crippen LogP contribution in [-0.4, -0.2) is 20.3 Å². The molecule has 170 valence electrons. The number of nitrogens with zero attached hydrogens (tertiary/aromatic N) is 2. The van der Waals surface area contributed by atoms with Gasteiger partial charge in [-0.3, -0.25) is 13.9 Å². The minimum Gasteiger partial charge on any atom is -0.361 e. The van der Waals surface area contributed by atoms with E-state index in [1.807, 2.05) is 6.92 Å². The van der Waals surface area contributed by atoms with E-state index in [0.717, 1.165) is 9.13 Å². The van der Waals surface area contributed by atoms with Crippen molar-refractivity contribution < 1.29 is 13.2 Å². The maximum atomic E-state index is 15.5. The summed E-state index contributed by atoms with van der Waals surface area (Å²) in [4.78, 5) is 29.0. The van der Waals surface area contributed by atoms with Gasteiger partial charge in [-0.15, -0.1) is 0 Å². The van der Waals surface area contributed by atoms with Crippen LogP contribution in [0.1, 0.15) is 29.2 Å². The lowest BCUT2D eigenvalue weighted by Gasteiger charge is -2.42. The predicted octanol–water partition coefficient (Wildman–Crippen LogP) is 4.08. The van der Waals surface area contributed by atoms with Gasteiger partial charge in [0.2, 0.25) is 0 Å². The Morgan fingerprint density at radius 1 is 1.00 bits per heavy atom. The molecule has 0 amide bonds. The van der Waals surface area contributed by atoms with E-state index in [-0.39, 0.29) is 22.6 Å². The fourth-order valence-electron chi connectivity index (χ4n) is 4.93. The molecular formula is C24H21F3N4O2. The van der Waals surface area contributed by atoms with Crippen molar-refractivity contribution in [2.45, 2.75) is 24.9 Å². The van der Waals surface area contributed by atoms with Crippen molar-refractivity contribution in [1.82, 2.24) is 14.1 Å². The molecule has 0 radical (unpaired) electrons. The number of fused-ring (bicyclic) bond motifs is 3. The standard InChI is InChI=1S/C24H21F3N4O2/c1-4-13-9-10-18-15(11-13)23(24(25,26)27,16-12-28-17-8-6-5-7-14(16)17)19-20(29-18)30(2)22(33)31(3)21(19)32/h5-12,28-29H,4H2,1-3H3. The summed E-state index contributed by atoms with van der Waals surface area (Å²) in [5.74, 6) is -0.164. The Balaban J connectivity index is 2.09. The summed E-state index contributed by atoms with van der Waals surface area (Å²) in [5.41, 5.74) is -3.75. The highest BCUT2D eigenvalue weighted by Crippen LogP contribution is 2.57. The molecule has 1 atom stereocenters. The first-order chi connectivity index (χ1) is 15.6. The molecule has 1 unspecified atom stereocenters. The van der Waals surface area contributed by atoms with E-state index in [9.17, 15) is 9.59 Å². The van der Waals surface area contributed by atoms with E-state index in [4.69, 9.17) is 0 Å². The van der Waals surface area contributed by atoms with Crippen LogP contribution in [0.3, 0.4) is 0 Å². The van der Waals surface area contributed by atoms with Crippen molar-refractivity contribution in [3.05, 3.63) is 91.8 Å².